The standard InChI is InChI=1S/C10H14BrFN2O3S/c1-17-7-9(2-3-11)14-18(15,16)10-4-8(12)5-13-6-10/h4-6,9,14H,2-3,7H2,1H3. The smallest absolute Gasteiger partial charge is 0.242 e. The molecule has 5 nitrogen and oxygen atoms in total. The molecule has 8 heteroatoms. The lowest BCUT2D eigenvalue weighted by atomic mass is 10.3. The first kappa shape index (κ1) is 15.5. The van der Waals surface area contributed by atoms with E-state index in [1.807, 2.05) is 0 Å². The molecule has 1 aromatic heterocycles. The fraction of sp³-hybridized carbons (Fsp3) is 0.500. The van der Waals surface area contributed by atoms with E-state index in [4.69, 9.17) is 4.74 Å². The average molecular weight is 341 g/mol. The van der Waals surface area contributed by atoms with Gasteiger partial charge < -0.3 is 4.74 Å². The van der Waals surface area contributed by atoms with Crippen LogP contribution in [0.25, 0.3) is 0 Å². The Kier molecular flexibility index (Phi) is 6.13. The molecule has 0 radical (unpaired) electrons. The van der Waals surface area contributed by atoms with Gasteiger partial charge >= 0.3 is 0 Å². The van der Waals surface area contributed by atoms with Crippen LogP contribution in [0.2, 0.25) is 0 Å². The topological polar surface area (TPSA) is 68.3 Å². The van der Waals surface area contributed by atoms with Crippen LogP contribution in [0, 0.1) is 5.82 Å². The van der Waals surface area contributed by atoms with Crippen molar-refractivity contribution in [3.05, 3.63) is 24.3 Å². The fourth-order valence-electron chi connectivity index (χ4n) is 1.34. The predicted molar refractivity (Wildman–Crippen MR) is 68.6 cm³/mol. The molecule has 102 valence electrons. The Morgan fingerprint density at radius 1 is 1.56 bits per heavy atom. The van der Waals surface area contributed by atoms with Crippen molar-refractivity contribution < 1.29 is 17.5 Å². The minimum atomic E-state index is -3.78. The van der Waals surface area contributed by atoms with Gasteiger partial charge in [-0.05, 0) is 12.5 Å². The number of alkyl halides is 1. The number of hydrogen-bond donors (Lipinski definition) is 1. The van der Waals surface area contributed by atoms with E-state index >= 15 is 0 Å². The molecule has 0 aliphatic carbocycles. The van der Waals surface area contributed by atoms with Gasteiger partial charge in [0.1, 0.15) is 10.7 Å². The van der Waals surface area contributed by atoms with Gasteiger partial charge in [0.2, 0.25) is 10.0 Å². The molecule has 0 saturated carbocycles. The van der Waals surface area contributed by atoms with E-state index in [0.717, 1.165) is 18.5 Å². The maximum Gasteiger partial charge on any atom is 0.242 e. The van der Waals surface area contributed by atoms with Gasteiger partial charge in [-0.1, -0.05) is 15.9 Å². The minimum Gasteiger partial charge on any atom is -0.383 e. The van der Waals surface area contributed by atoms with Crippen molar-refractivity contribution in [2.24, 2.45) is 0 Å². The maximum atomic E-state index is 12.9. The quantitative estimate of drug-likeness (QED) is 0.759. The molecule has 0 aliphatic rings. The Hall–Kier alpha value is -0.570. The Morgan fingerprint density at radius 2 is 2.28 bits per heavy atom. The molecule has 0 amide bonds. The second kappa shape index (κ2) is 7.13. The number of ether oxygens (including phenoxy) is 1. The number of pyridine rings is 1. The summed E-state index contributed by atoms with van der Waals surface area (Å²) in [6, 6.07) is 0.551. The summed E-state index contributed by atoms with van der Waals surface area (Å²) in [4.78, 5) is 3.32. The Morgan fingerprint density at radius 3 is 2.83 bits per heavy atom. The zero-order valence-electron chi connectivity index (χ0n) is 9.77. The predicted octanol–water partition coefficient (Wildman–Crippen LogP) is 1.30. The minimum absolute atomic E-state index is 0.196. The summed E-state index contributed by atoms with van der Waals surface area (Å²) in [6.45, 7) is 0.244. The van der Waals surface area contributed by atoms with Gasteiger partial charge in [0.25, 0.3) is 0 Å². The average Bonchev–Trinajstić information content (AvgIpc) is 2.29. The van der Waals surface area contributed by atoms with Crippen molar-refractivity contribution >= 4 is 26.0 Å². The van der Waals surface area contributed by atoms with Crippen LogP contribution in [0.4, 0.5) is 4.39 Å². The van der Waals surface area contributed by atoms with Gasteiger partial charge in [-0.25, -0.2) is 17.5 Å². The molecule has 1 aromatic rings. The number of halogens is 2. The van der Waals surface area contributed by atoms with Crippen molar-refractivity contribution in [1.29, 1.82) is 0 Å². The summed E-state index contributed by atoms with van der Waals surface area (Å²) < 4.78 is 44.2. The zero-order chi connectivity index (χ0) is 13.6. The van der Waals surface area contributed by atoms with E-state index in [0.29, 0.717) is 11.8 Å². The van der Waals surface area contributed by atoms with Gasteiger partial charge in [-0.15, -0.1) is 0 Å². The van der Waals surface area contributed by atoms with Crippen LogP contribution in [0.15, 0.2) is 23.4 Å². The molecular formula is C10H14BrFN2O3S. The van der Waals surface area contributed by atoms with E-state index in [9.17, 15) is 12.8 Å². The first-order chi connectivity index (χ1) is 8.49. The summed E-state index contributed by atoms with van der Waals surface area (Å²) in [5, 5.41) is 0.630. The van der Waals surface area contributed by atoms with Crippen molar-refractivity contribution in [1.82, 2.24) is 9.71 Å². The van der Waals surface area contributed by atoms with Crippen LogP contribution in [0.1, 0.15) is 6.42 Å². The van der Waals surface area contributed by atoms with E-state index in [2.05, 4.69) is 25.6 Å². The van der Waals surface area contributed by atoms with E-state index < -0.39 is 15.8 Å². The van der Waals surface area contributed by atoms with Gasteiger partial charge in [0.05, 0.1) is 12.8 Å². The summed E-state index contributed by atoms with van der Waals surface area (Å²) in [6.07, 6.45) is 2.61. The molecule has 0 spiro atoms. The summed E-state index contributed by atoms with van der Waals surface area (Å²) in [5.74, 6) is -0.693. The highest BCUT2D eigenvalue weighted by atomic mass is 79.9. The largest absolute Gasteiger partial charge is 0.383 e. The zero-order valence-corrected chi connectivity index (χ0v) is 12.2. The lowest BCUT2D eigenvalue weighted by Crippen LogP contribution is -2.38. The van der Waals surface area contributed by atoms with Crippen LogP contribution in [0.3, 0.4) is 0 Å². The molecule has 1 rings (SSSR count). The third-order valence-corrected chi connectivity index (χ3v) is 4.08. The van der Waals surface area contributed by atoms with Crippen molar-refractivity contribution in [3.63, 3.8) is 0 Å². The number of rotatable bonds is 7. The summed E-state index contributed by atoms with van der Waals surface area (Å²) in [7, 11) is -2.29. The number of sulfonamides is 1. The molecular weight excluding hydrogens is 327 g/mol. The maximum absolute atomic E-state index is 12.9. The number of methoxy groups -OCH3 is 1. The van der Waals surface area contributed by atoms with Crippen molar-refractivity contribution in [2.45, 2.75) is 17.4 Å². The Bertz CT molecular complexity index is 478. The third-order valence-electron chi connectivity index (χ3n) is 2.14. The molecule has 0 fully saturated rings. The van der Waals surface area contributed by atoms with Crippen LogP contribution < -0.4 is 4.72 Å². The fourth-order valence-corrected chi connectivity index (χ4v) is 3.12. The van der Waals surface area contributed by atoms with E-state index in [1.165, 1.54) is 7.11 Å². The molecule has 0 aliphatic heterocycles. The first-order valence-electron chi connectivity index (χ1n) is 5.17. The Balaban J connectivity index is 2.86. The van der Waals surface area contributed by atoms with Crippen LogP contribution in [-0.4, -0.2) is 38.5 Å². The normalized spacial score (nSPS) is 13.5. The van der Waals surface area contributed by atoms with Crippen LogP contribution in [0.5, 0.6) is 0 Å². The molecule has 1 atom stereocenters. The number of nitrogens with one attached hydrogen (secondary N) is 1. The lowest BCUT2D eigenvalue weighted by Gasteiger charge is -2.16. The molecule has 18 heavy (non-hydrogen) atoms. The highest BCUT2D eigenvalue weighted by molar-refractivity contribution is 9.09. The van der Waals surface area contributed by atoms with Gasteiger partial charge in [0, 0.05) is 24.7 Å². The monoisotopic (exact) mass is 340 g/mol. The second-order valence-corrected chi connectivity index (χ2v) is 6.10. The molecule has 1 unspecified atom stereocenters. The van der Waals surface area contributed by atoms with E-state index in [1.54, 1.807) is 0 Å². The molecule has 1 heterocycles. The van der Waals surface area contributed by atoms with E-state index in [-0.39, 0.29) is 17.5 Å². The highest BCUT2D eigenvalue weighted by Gasteiger charge is 2.20. The molecule has 1 N–H and O–H groups in total. The lowest BCUT2D eigenvalue weighted by molar-refractivity contribution is 0.173. The highest BCUT2D eigenvalue weighted by Crippen LogP contribution is 2.10. The van der Waals surface area contributed by atoms with Gasteiger partial charge in [-0.2, -0.15) is 0 Å². The van der Waals surface area contributed by atoms with Gasteiger partial charge in [0.15, 0.2) is 0 Å². The number of aromatic nitrogens is 1. The summed E-state index contributed by atoms with van der Waals surface area (Å²) >= 11 is 3.23. The first-order valence-corrected chi connectivity index (χ1v) is 7.78. The number of hydrogen-bond acceptors (Lipinski definition) is 4. The number of nitrogens with zero attached hydrogens (tertiary/aromatic N) is 1. The van der Waals surface area contributed by atoms with Crippen molar-refractivity contribution in [3.8, 4) is 0 Å². The molecule has 0 bridgehead atoms. The summed E-state index contributed by atoms with van der Waals surface area (Å²) in [5.41, 5.74) is 0. The Labute approximate surface area is 114 Å². The molecule has 0 saturated heterocycles. The molecule has 0 aromatic carbocycles. The second-order valence-electron chi connectivity index (χ2n) is 3.59. The van der Waals surface area contributed by atoms with Crippen molar-refractivity contribution in [2.75, 3.05) is 19.0 Å². The van der Waals surface area contributed by atoms with Gasteiger partial charge in [-0.3, -0.25) is 4.98 Å². The van der Waals surface area contributed by atoms with Crippen LogP contribution in [-0.2, 0) is 14.8 Å². The SMILES string of the molecule is COCC(CCBr)NS(=O)(=O)c1cncc(F)c1. The van der Waals surface area contributed by atoms with Crippen LogP contribution >= 0.6 is 15.9 Å². The third kappa shape index (κ3) is 4.60.